The Kier molecular flexibility index (Phi) is 4.00. The van der Waals surface area contributed by atoms with Crippen LogP contribution in [0, 0.1) is 0 Å². The number of hydrogen-bond acceptors (Lipinski definition) is 3. The van der Waals surface area contributed by atoms with Crippen LogP contribution in [0.5, 0.6) is 0 Å². The van der Waals surface area contributed by atoms with Crippen molar-refractivity contribution in [1.29, 1.82) is 0 Å². The molecule has 1 aliphatic carbocycles. The highest BCUT2D eigenvalue weighted by Gasteiger charge is 2.36. The van der Waals surface area contributed by atoms with Gasteiger partial charge in [0.2, 0.25) is 0 Å². The second kappa shape index (κ2) is 5.34. The van der Waals surface area contributed by atoms with Crippen molar-refractivity contribution < 1.29 is 8.78 Å². The summed E-state index contributed by atoms with van der Waals surface area (Å²) >= 11 is 1.82. The molecule has 0 radical (unpaired) electrons. The summed E-state index contributed by atoms with van der Waals surface area (Å²) < 4.78 is 26.0. The van der Waals surface area contributed by atoms with Crippen LogP contribution < -0.4 is 11.1 Å². The quantitative estimate of drug-likeness (QED) is 0.798. The fourth-order valence-electron chi connectivity index (χ4n) is 2.20. The molecular weight excluding hydrogens is 254 g/mol. The van der Waals surface area contributed by atoms with Crippen molar-refractivity contribution in [2.45, 2.75) is 30.4 Å². The van der Waals surface area contributed by atoms with Crippen LogP contribution in [0.1, 0.15) is 31.3 Å². The Morgan fingerprint density at radius 2 is 2.17 bits per heavy atom. The van der Waals surface area contributed by atoms with Gasteiger partial charge in [-0.3, -0.25) is 0 Å². The summed E-state index contributed by atoms with van der Waals surface area (Å²) in [7, 11) is 0. The van der Waals surface area contributed by atoms with Gasteiger partial charge in [-0.1, -0.05) is 6.42 Å². The van der Waals surface area contributed by atoms with E-state index in [4.69, 9.17) is 5.73 Å². The maximum Gasteiger partial charge on any atom is 0.265 e. The molecule has 2 rings (SSSR count). The van der Waals surface area contributed by atoms with Crippen molar-refractivity contribution in [3.05, 3.63) is 23.8 Å². The fourth-order valence-corrected chi connectivity index (χ4v) is 3.12. The molecule has 5 heteroatoms. The second-order valence-corrected chi connectivity index (χ2v) is 6.02. The van der Waals surface area contributed by atoms with E-state index in [1.165, 1.54) is 12.5 Å². The topological polar surface area (TPSA) is 38.0 Å². The first-order valence-electron chi connectivity index (χ1n) is 6.03. The van der Waals surface area contributed by atoms with Gasteiger partial charge in [0, 0.05) is 28.2 Å². The lowest BCUT2D eigenvalue weighted by Gasteiger charge is -2.40. The molecular formula is C13H18F2N2S. The van der Waals surface area contributed by atoms with Gasteiger partial charge in [0.15, 0.2) is 0 Å². The predicted octanol–water partition coefficient (Wildman–Crippen LogP) is 3.90. The number of benzene rings is 1. The zero-order valence-electron chi connectivity index (χ0n) is 10.4. The van der Waals surface area contributed by atoms with E-state index in [1.54, 1.807) is 12.1 Å². The molecule has 18 heavy (non-hydrogen) atoms. The summed E-state index contributed by atoms with van der Waals surface area (Å²) in [5.41, 5.74) is 6.41. The molecule has 1 saturated carbocycles. The number of nitrogens with two attached hydrogens (primary N) is 1. The molecule has 0 amide bonds. The van der Waals surface area contributed by atoms with E-state index in [1.807, 2.05) is 11.8 Å². The summed E-state index contributed by atoms with van der Waals surface area (Å²) in [5, 5.41) is 3.16. The molecule has 3 N–H and O–H groups in total. The fraction of sp³-hybridized carbons (Fsp3) is 0.538. The maximum absolute atomic E-state index is 12.9. The van der Waals surface area contributed by atoms with Crippen LogP contribution in [0.25, 0.3) is 0 Å². The van der Waals surface area contributed by atoms with Gasteiger partial charge in [0.25, 0.3) is 6.43 Å². The molecule has 2 nitrogen and oxygen atoms in total. The molecule has 0 aliphatic heterocycles. The lowest BCUT2D eigenvalue weighted by atomic mass is 9.84. The van der Waals surface area contributed by atoms with Gasteiger partial charge in [0.05, 0.1) is 0 Å². The van der Waals surface area contributed by atoms with Gasteiger partial charge in [-0.05, 0) is 37.3 Å². The molecule has 1 aromatic rings. The van der Waals surface area contributed by atoms with Crippen molar-refractivity contribution in [3.8, 4) is 0 Å². The summed E-state index contributed by atoms with van der Waals surface area (Å²) in [5.74, 6) is 0. The number of halogens is 2. The number of nitrogen functional groups attached to an aromatic ring is 1. The molecule has 1 aromatic carbocycles. The molecule has 0 saturated heterocycles. The van der Waals surface area contributed by atoms with Crippen LogP contribution in [0.3, 0.4) is 0 Å². The molecule has 0 unspecified atom stereocenters. The molecule has 0 spiro atoms. The first kappa shape index (κ1) is 13.5. The van der Waals surface area contributed by atoms with Crippen LogP contribution >= 0.6 is 11.8 Å². The standard InChI is InChI=1S/C13H18F2N2S/c1-18-13(5-2-6-13)8-17-11-4-3-9(16)7-10(11)12(14)15/h3-4,7,12,17H,2,5-6,8,16H2,1H3. The summed E-state index contributed by atoms with van der Waals surface area (Å²) in [6, 6.07) is 4.64. The Bertz CT molecular complexity index is 414. The van der Waals surface area contributed by atoms with Crippen LogP contribution in [0.2, 0.25) is 0 Å². The average molecular weight is 272 g/mol. The van der Waals surface area contributed by atoms with Gasteiger partial charge in [-0.2, -0.15) is 11.8 Å². The predicted molar refractivity (Wildman–Crippen MR) is 74.4 cm³/mol. The van der Waals surface area contributed by atoms with Crippen LogP contribution in [0.15, 0.2) is 18.2 Å². The number of nitrogens with one attached hydrogen (secondary N) is 1. The largest absolute Gasteiger partial charge is 0.399 e. The first-order valence-corrected chi connectivity index (χ1v) is 7.25. The minimum Gasteiger partial charge on any atom is -0.399 e. The average Bonchev–Trinajstić information content (AvgIpc) is 2.29. The van der Waals surface area contributed by atoms with E-state index in [0.29, 0.717) is 11.4 Å². The lowest BCUT2D eigenvalue weighted by Crippen LogP contribution is -2.40. The Labute approximate surface area is 110 Å². The summed E-state index contributed by atoms with van der Waals surface area (Å²) in [6.07, 6.45) is 3.12. The Balaban J connectivity index is 2.09. The van der Waals surface area contributed by atoms with E-state index in [9.17, 15) is 8.78 Å². The van der Waals surface area contributed by atoms with Gasteiger partial charge in [-0.25, -0.2) is 8.78 Å². The highest BCUT2D eigenvalue weighted by molar-refractivity contribution is 8.00. The van der Waals surface area contributed by atoms with E-state index in [0.717, 1.165) is 19.4 Å². The van der Waals surface area contributed by atoms with E-state index in [2.05, 4.69) is 11.6 Å². The second-order valence-electron chi connectivity index (χ2n) is 4.74. The summed E-state index contributed by atoms with van der Waals surface area (Å²) in [6.45, 7) is 0.734. The molecule has 0 atom stereocenters. The summed E-state index contributed by atoms with van der Waals surface area (Å²) in [4.78, 5) is 0. The SMILES string of the molecule is CSC1(CNc2ccc(N)cc2C(F)F)CCC1. The van der Waals surface area contributed by atoms with Crippen LogP contribution in [-0.2, 0) is 0 Å². The third-order valence-electron chi connectivity index (χ3n) is 3.61. The van der Waals surface area contributed by atoms with Gasteiger partial charge >= 0.3 is 0 Å². The van der Waals surface area contributed by atoms with E-state index >= 15 is 0 Å². The first-order chi connectivity index (χ1) is 8.56. The smallest absolute Gasteiger partial charge is 0.265 e. The minimum absolute atomic E-state index is 0.00873. The van der Waals surface area contributed by atoms with Crippen LogP contribution in [-0.4, -0.2) is 17.5 Å². The molecule has 1 fully saturated rings. The van der Waals surface area contributed by atoms with E-state index in [-0.39, 0.29) is 10.3 Å². The third-order valence-corrected chi connectivity index (χ3v) is 5.03. The zero-order chi connectivity index (χ0) is 13.2. The Hall–Kier alpha value is -0.970. The Morgan fingerprint density at radius 3 is 2.67 bits per heavy atom. The molecule has 0 aromatic heterocycles. The normalized spacial score (nSPS) is 17.6. The Morgan fingerprint density at radius 1 is 1.44 bits per heavy atom. The number of rotatable bonds is 5. The highest BCUT2D eigenvalue weighted by Crippen LogP contribution is 2.43. The molecule has 100 valence electrons. The number of thioether (sulfide) groups is 1. The van der Waals surface area contributed by atoms with E-state index < -0.39 is 6.43 Å². The third kappa shape index (κ3) is 2.71. The monoisotopic (exact) mass is 272 g/mol. The van der Waals surface area contributed by atoms with Crippen molar-refractivity contribution in [3.63, 3.8) is 0 Å². The minimum atomic E-state index is -2.50. The molecule has 0 bridgehead atoms. The van der Waals surface area contributed by atoms with Crippen molar-refractivity contribution in [2.75, 3.05) is 23.9 Å². The van der Waals surface area contributed by atoms with Crippen molar-refractivity contribution in [1.82, 2.24) is 0 Å². The number of alkyl halides is 2. The number of hydrogen-bond donors (Lipinski definition) is 2. The van der Waals surface area contributed by atoms with Crippen molar-refractivity contribution >= 4 is 23.1 Å². The van der Waals surface area contributed by atoms with Crippen molar-refractivity contribution in [2.24, 2.45) is 0 Å². The molecule has 0 heterocycles. The molecule has 1 aliphatic rings. The van der Waals surface area contributed by atoms with Gasteiger partial charge < -0.3 is 11.1 Å². The number of anilines is 2. The van der Waals surface area contributed by atoms with Crippen LogP contribution in [0.4, 0.5) is 20.2 Å². The highest BCUT2D eigenvalue weighted by atomic mass is 32.2. The van der Waals surface area contributed by atoms with Gasteiger partial charge in [-0.15, -0.1) is 0 Å². The van der Waals surface area contributed by atoms with Gasteiger partial charge in [0.1, 0.15) is 0 Å². The lowest BCUT2D eigenvalue weighted by molar-refractivity contribution is 0.152. The maximum atomic E-state index is 12.9. The zero-order valence-corrected chi connectivity index (χ0v) is 11.2.